The number of hydrogen-bond donors (Lipinski definition) is 3. The fourth-order valence-corrected chi connectivity index (χ4v) is 4.31. The normalized spacial score (nSPS) is 17.5. The van der Waals surface area contributed by atoms with Gasteiger partial charge in [-0.3, -0.25) is 14.4 Å². The van der Waals surface area contributed by atoms with Crippen LogP contribution in [0, 0.1) is 29.2 Å². The van der Waals surface area contributed by atoms with Gasteiger partial charge in [0.15, 0.2) is 23.2 Å². The van der Waals surface area contributed by atoms with Gasteiger partial charge in [-0.05, 0) is 25.7 Å². The molecule has 1 aromatic carbocycles. The molecule has 36 heavy (non-hydrogen) atoms. The molecule has 0 bridgehead atoms. The smallest absolute Gasteiger partial charge is 0.317 e. The third-order valence-corrected chi connectivity index (χ3v) is 6.35. The predicted octanol–water partition coefficient (Wildman–Crippen LogP) is 2.51. The van der Waals surface area contributed by atoms with Crippen molar-refractivity contribution in [1.29, 1.82) is 0 Å². The molecule has 0 spiro atoms. The number of Topliss-reactive ketones (excluding diaryl/α,β-unsaturated/α-hetero) is 1. The number of aliphatic carboxylic acids is 1. The number of amides is 3. The summed E-state index contributed by atoms with van der Waals surface area (Å²) in [6, 6.07) is -1.70. The highest BCUT2D eigenvalue weighted by Gasteiger charge is 2.32. The lowest BCUT2D eigenvalue weighted by Gasteiger charge is -2.32. The summed E-state index contributed by atoms with van der Waals surface area (Å²) < 4.78 is 58.7. The minimum Gasteiger partial charge on any atom is -0.481 e. The van der Waals surface area contributed by atoms with E-state index in [1.165, 1.54) is 0 Å². The Morgan fingerprint density at radius 2 is 1.58 bits per heavy atom. The molecule has 1 saturated carbocycles. The highest BCUT2D eigenvalue weighted by molar-refractivity contribution is 5.93. The Morgan fingerprint density at radius 1 is 1.00 bits per heavy atom. The molecule has 1 atom stereocenters. The van der Waals surface area contributed by atoms with Crippen LogP contribution in [0.4, 0.5) is 22.4 Å². The first-order chi connectivity index (χ1) is 17.1. The first kappa shape index (κ1) is 27.2. The number of carboxylic acid groups (broad SMARTS) is 1. The van der Waals surface area contributed by atoms with Gasteiger partial charge < -0.3 is 25.4 Å². The number of halogens is 4. The molecular formula is C23H27F4N3O6. The van der Waals surface area contributed by atoms with Crippen molar-refractivity contribution >= 4 is 23.7 Å². The molecule has 3 rings (SSSR count). The van der Waals surface area contributed by atoms with Crippen LogP contribution in [0.25, 0.3) is 0 Å². The van der Waals surface area contributed by atoms with E-state index in [4.69, 9.17) is 5.11 Å². The molecule has 3 amide bonds. The second kappa shape index (κ2) is 12.0. The number of ether oxygens (including phenoxy) is 1. The minimum atomic E-state index is -1.86. The standard InChI is InChI=1S/C23H27F4N3O6/c24-14-9-15(25)20(27)21(19(14)26)36-11-17(31)16(10-18(32)33)29-22(34)12-5-7-30(8-6-12)23(35)28-13-3-1-2-4-13/h9,12-13,16H,1-8,10-11H2,(H,28,35)(H,29,34)(H,32,33). The topological polar surface area (TPSA) is 125 Å². The molecule has 0 aromatic heterocycles. The Kier molecular flexibility index (Phi) is 9.10. The van der Waals surface area contributed by atoms with E-state index in [0.717, 1.165) is 25.7 Å². The summed E-state index contributed by atoms with van der Waals surface area (Å²) in [6.45, 7) is -0.559. The monoisotopic (exact) mass is 517 g/mol. The van der Waals surface area contributed by atoms with Crippen LogP contribution in [0.1, 0.15) is 44.9 Å². The van der Waals surface area contributed by atoms with Crippen LogP contribution in [0.2, 0.25) is 0 Å². The molecule has 1 aliphatic carbocycles. The quantitative estimate of drug-likeness (QED) is 0.342. The molecule has 1 heterocycles. The number of rotatable bonds is 9. The van der Waals surface area contributed by atoms with Crippen molar-refractivity contribution in [2.45, 2.75) is 57.0 Å². The summed E-state index contributed by atoms with van der Waals surface area (Å²) in [6.07, 6.45) is 3.72. The van der Waals surface area contributed by atoms with E-state index >= 15 is 0 Å². The van der Waals surface area contributed by atoms with Gasteiger partial charge in [0.1, 0.15) is 12.6 Å². The van der Waals surface area contributed by atoms with Gasteiger partial charge >= 0.3 is 12.0 Å². The summed E-state index contributed by atoms with van der Waals surface area (Å²) in [5.74, 6) is -12.4. The second-order valence-corrected chi connectivity index (χ2v) is 8.90. The lowest BCUT2D eigenvalue weighted by Crippen LogP contribution is -2.51. The Labute approximate surface area is 204 Å². The summed E-state index contributed by atoms with van der Waals surface area (Å²) >= 11 is 0. The van der Waals surface area contributed by atoms with Crippen molar-refractivity contribution in [2.75, 3.05) is 19.7 Å². The first-order valence-electron chi connectivity index (χ1n) is 11.6. The Hall–Kier alpha value is -3.38. The minimum absolute atomic E-state index is 0.0313. The number of ketones is 1. The maximum Gasteiger partial charge on any atom is 0.317 e. The largest absolute Gasteiger partial charge is 0.481 e. The maximum absolute atomic E-state index is 13.7. The second-order valence-electron chi connectivity index (χ2n) is 8.90. The van der Waals surface area contributed by atoms with Crippen molar-refractivity contribution in [3.8, 4) is 5.75 Å². The van der Waals surface area contributed by atoms with Gasteiger partial charge in [0.25, 0.3) is 0 Å². The molecule has 2 fully saturated rings. The van der Waals surface area contributed by atoms with Gasteiger partial charge in [0.05, 0.1) is 6.42 Å². The number of nitrogens with zero attached hydrogens (tertiary/aromatic N) is 1. The molecule has 9 nitrogen and oxygen atoms in total. The molecule has 1 aliphatic heterocycles. The average Bonchev–Trinajstić information content (AvgIpc) is 3.35. The van der Waals surface area contributed by atoms with E-state index in [-0.39, 0.29) is 31.0 Å². The first-order valence-corrected chi connectivity index (χ1v) is 11.6. The maximum atomic E-state index is 13.7. The fraction of sp³-hybridized carbons (Fsp3) is 0.565. The number of urea groups is 1. The third-order valence-electron chi connectivity index (χ3n) is 6.35. The van der Waals surface area contributed by atoms with Crippen LogP contribution >= 0.6 is 0 Å². The zero-order valence-corrected chi connectivity index (χ0v) is 19.3. The molecule has 1 saturated heterocycles. The van der Waals surface area contributed by atoms with Crippen molar-refractivity contribution < 1.29 is 46.6 Å². The van der Waals surface area contributed by atoms with E-state index in [2.05, 4.69) is 15.4 Å². The SMILES string of the molecule is O=C(O)CC(NC(=O)C1CCN(C(=O)NC2CCCC2)CC1)C(=O)COc1c(F)c(F)cc(F)c1F. The number of carbonyl (C=O) groups is 4. The van der Waals surface area contributed by atoms with Crippen LogP contribution in [0.15, 0.2) is 6.07 Å². The summed E-state index contributed by atoms with van der Waals surface area (Å²) in [4.78, 5) is 50.3. The lowest BCUT2D eigenvalue weighted by molar-refractivity contribution is -0.141. The summed E-state index contributed by atoms with van der Waals surface area (Å²) in [7, 11) is 0. The fourth-order valence-electron chi connectivity index (χ4n) is 4.31. The van der Waals surface area contributed by atoms with Crippen LogP contribution in [0.5, 0.6) is 5.75 Å². The lowest BCUT2D eigenvalue weighted by atomic mass is 9.95. The summed E-state index contributed by atoms with van der Waals surface area (Å²) in [5, 5.41) is 14.4. The van der Waals surface area contributed by atoms with Crippen molar-refractivity contribution in [3.63, 3.8) is 0 Å². The molecule has 2 aliphatic rings. The van der Waals surface area contributed by atoms with Crippen LogP contribution < -0.4 is 15.4 Å². The average molecular weight is 517 g/mol. The van der Waals surface area contributed by atoms with Crippen LogP contribution in [-0.4, -0.2) is 65.5 Å². The number of carboxylic acids is 1. The number of nitrogens with one attached hydrogen (secondary N) is 2. The highest BCUT2D eigenvalue weighted by atomic mass is 19.2. The molecule has 1 unspecified atom stereocenters. The zero-order valence-electron chi connectivity index (χ0n) is 19.3. The van der Waals surface area contributed by atoms with E-state index < -0.39 is 71.7 Å². The van der Waals surface area contributed by atoms with Gasteiger partial charge in [-0.1, -0.05) is 12.8 Å². The van der Waals surface area contributed by atoms with Crippen LogP contribution in [0.3, 0.4) is 0 Å². The van der Waals surface area contributed by atoms with Crippen molar-refractivity contribution in [1.82, 2.24) is 15.5 Å². The van der Waals surface area contributed by atoms with Gasteiger partial charge in [0.2, 0.25) is 17.5 Å². The van der Waals surface area contributed by atoms with E-state index in [1.807, 2.05) is 0 Å². The number of benzene rings is 1. The Bertz CT molecular complexity index is 984. The molecular weight excluding hydrogens is 490 g/mol. The highest BCUT2D eigenvalue weighted by Crippen LogP contribution is 2.26. The Balaban J connectivity index is 1.55. The van der Waals surface area contributed by atoms with Crippen LogP contribution in [-0.2, 0) is 14.4 Å². The number of hydrogen-bond acceptors (Lipinski definition) is 5. The zero-order chi connectivity index (χ0) is 26.4. The third kappa shape index (κ3) is 6.85. The number of piperidine rings is 1. The molecule has 1 aromatic rings. The molecule has 198 valence electrons. The van der Waals surface area contributed by atoms with Gasteiger partial charge in [-0.2, -0.15) is 8.78 Å². The molecule has 3 N–H and O–H groups in total. The van der Waals surface area contributed by atoms with E-state index in [9.17, 15) is 36.7 Å². The van der Waals surface area contributed by atoms with Crippen molar-refractivity contribution in [2.24, 2.45) is 5.92 Å². The number of likely N-dealkylation sites (tertiary alicyclic amines) is 1. The molecule has 0 radical (unpaired) electrons. The number of carbonyl (C=O) groups excluding carboxylic acids is 3. The van der Waals surface area contributed by atoms with Crippen molar-refractivity contribution in [3.05, 3.63) is 29.3 Å². The Morgan fingerprint density at radius 3 is 2.14 bits per heavy atom. The molecule has 13 heteroatoms. The summed E-state index contributed by atoms with van der Waals surface area (Å²) in [5.41, 5.74) is 0. The van der Waals surface area contributed by atoms with E-state index in [0.29, 0.717) is 13.1 Å². The van der Waals surface area contributed by atoms with Gasteiger partial charge in [0, 0.05) is 31.1 Å². The van der Waals surface area contributed by atoms with E-state index in [1.54, 1.807) is 4.90 Å². The van der Waals surface area contributed by atoms with Gasteiger partial charge in [-0.15, -0.1) is 0 Å². The van der Waals surface area contributed by atoms with Gasteiger partial charge in [-0.25, -0.2) is 13.6 Å². The predicted molar refractivity (Wildman–Crippen MR) is 116 cm³/mol.